The first kappa shape index (κ1) is 24.8. The topological polar surface area (TPSA) is 122 Å². The fraction of sp³-hybridized carbons (Fsp3) is 0.259. The molecule has 3 N–H and O–H groups in total. The van der Waals surface area contributed by atoms with Gasteiger partial charge in [0.15, 0.2) is 0 Å². The molecule has 36 heavy (non-hydrogen) atoms. The van der Waals surface area contributed by atoms with E-state index in [4.69, 9.17) is 0 Å². The number of nitro benzene ring substituents is 1. The van der Waals surface area contributed by atoms with Crippen LogP contribution in [-0.4, -0.2) is 28.5 Å². The predicted molar refractivity (Wildman–Crippen MR) is 135 cm³/mol. The molecule has 0 unspecified atom stereocenters. The number of hydrogen-bond acceptors (Lipinski definition) is 5. The molecular weight excluding hydrogens is 465 g/mol. The maximum Gasteiger partial charge on any atom is 0.336 e. The van der Waals surface area contributed by atoms with Gasteiger partial charge in [0.1, 0.15) is 11.5 Å². The second kappa shape index (κ2) is 11.0. The van der Waals surface area contributed by atoms with Crippen molar-refractivity contribution in [1.82, 2.24) is 0 Å². The van der Waals surface area contributed by atoms with E-state index in [2.05, 4.69) is 10.6 Å². The standard InChI is InChI=1S/C27H26FN3O5/c28-20-9-6-18(7-10-20)19-8-12-22(27(33)34)23(14-19)26(32)30-21-11-13-24(25(15-21)31(35)36)29-16-17-4-2-1-3-5-17/h6-15,17,29H,1-5,16H2,(H,30,32)(H,33,34). The van der Waals surface area contributed by atoms with Crippen molar-refractivity contribution in [3.8, 4) is 11.1 Å². The van der Waals surface area contributed by atoms with Gasteiger partial charge in [0, 0.05) is 18.3 Å². The van der Waals surface area contributed by atoms with Crippen molar-refractivity contribution in [2.24, 2.45) is 5.92 Å². The van der Waals surface area contributed by atoms with Gasteiger partial charge >= 0.3 is 5.97 Å². The minimum absolute atomic E-state index is 0.119. The van der Waals surface area contributed by atoms with Crippen LogP contribution in [-0.2, 0) is 0 Å². The average Bonchev–Trinajstić information content (AvgIpc) is 2.88. The van der Waals surface area contributed by atoms with Gasteiger partial charge in [-0.05, 0) is 66.3 Å². The first-order valence-corrected chi connectivity index (χ1v) is 11.8. The molecule has 3 aromatic carbocycles. The fourth-order valence-electron chi connectivity index (χ4n) is 4.49. The van der Waals surface area contributed by atoms with Gasteiger partial charge in [0.2, 0.25) is 0 Å². The Morgan fingerprint density at radius 3 is 2.31 bits per heavy atom. The normalized spacial score (nSPS) is 13.7. The molecule has 1 aliphatic rings. The van der Waals surface area contributed by atoms with Crippen LogP contribution >= 0.6 is 0 Å². The van der Waals surface area contributed by atoms with Gasteiger partial charge < -0.3 is 15.7 Å². The van der Waals surface area contributed by atoms with Crippen molar-refractivity contribution in [2.45, 2.75) is 32.1 Å². The Hall–Kier alpha value is -4.27. The van der Waals surface area contributed by atoms with Crippen LogP contribution in [0.3, 0.4) is 0 Å². The monoisotopic (exact) mass is 491 g/mol. The highest BCUT2D eigenvalue weighted by molar-refractivity contribution is 6.11. The van der Waals surface area contributed by atoms with E-state index in [0.29, 0.717) is 29.3 Å². The number of hydrogen-bond donors (Lipinski definition) is 3. The Kier molecular flexibility index (Phi) is 7.58. The lowest BCUT2D eigenvalue weighted by atomic mass is 9.89. The summed E-state index contributed by atoms with van der Waals surface area (Å²) in [5.41, 5.74) is 1.14. The number of benzene rings is 3. The number of nitrogens with one attached hydrogen (secondary N) is 2. The highest BCUT2D eigenvalue weighted by Crippen LogP contribution is 2.31. The van der Waals surface area contributed by atoms with Crippen LogP contribution in [0.5, 0.6) is 0 Å². The molecule has 1 saturated carbocycles. The van der Waals surface area contributed by atoms with Crippen LogP contribution in [0.1, 0.15) is 52.8 Å². The Balaban J connectivity index is 1.57. The minimum atomic E-state index is -1.29. The Morgan fingerprint density at radius 1 is 0.944 bits per heavy atom. The van der Waals surface area contributed by atoms with Crippen molar-refractivity contribution in [3.05, 3.63) is 87.7 Å². The van der Waals surface area contributed by atoms with E-state index in [0.717, 1.165) is 12.8 Å². The predicted octanol–water partition coefficient (Wildman–Crippen LogP) is 6.34. The molecule has 0 atom stereocenters. The third-order valence-corrected chi connectivity index (χ3v) is 6.43. The SMILES string of the molecule is O=C(O)c1ccc(-c2ccc(F)cc2)cc1C(=O)Nc1ccc(NCC2CCCCC2)c([N+](=O)[O-])c1. The average molecular weight is 492 g/mol. The first-order valence-electron chi connectivity index (χ1n) is 11.8. The van der Waals surface area contributed by atoms with Gasteiger partial charge in [-0.3, -0.25) is 14.9 Å². The highest BCUT2D eigenvalue weighted by atomic mass is 19.1. The van der Waals surface area contributed by atoms with E-state index in [1.54, 1.807) is 12.1 Å². The maximum absolute atomic E-state index is 13.3. The Labute approximate surface area is 207 Å². The summed E-state index contributed by atoms with van der Waals surface area (Å²) < 4.78 is 13.3. The molecule has 0 spiro atoms. The van der Waals surface area contributed by atoms with E-state index in [-0.39, 0.29) is 22.5 Å². The van der Waals surface area contributed by atoms with Gasteiger partial charge in [0.05, 0.1) is 16.1 Å². The van der Waals surface area contributed by atoms with E-state index in [1.807, 2.05) is 0 Å². The van der Waals surface area contributed by atoms with Crippen LogP contribution in [0.15, 0.2) is 60.7 Å². The van der Waals surface area contributed by atoms with Crippen molar-refractivity contribution >= 4 is 28.9 Å². The second-order valence-corrected chi connectivity index (χ2v) is 8.90. The van der Waals surface area contributed by atoms with E-state index >= 15 is 0 Å². The van der Waals surface area contributed by atoms with Crippen LogP contribution in [0.4, 0.5) is 21.5 Å². The van der Waals surface area contributed by atoms with Gasteiger partial charge in [-0.2, -0.15) is 0 Å². The Bertz CT molecular complexity index is 1290. The minimum Gasteiger partial charge on any atom is -0.478 e. The van der Waals surface area contributed by atoms with Gasteiger partial charge in [-0.1, -0.05) is 37.5 Å². The van der Waals surface area contributed by atoms with Gasteiger partial charge in [-0.25, -0.2) is 9.18 Å². The van der Waals surface area contributed by atoms with E-state index in [1.165, 1.54) is 67.8 Å². The van der Waals surface area contributed by atoms with Crippen LogP contribution < -0.4 is 10.6 Å². The number of nitrogens with zero attached hydrogens (tertiary/aromatic N) is 1. The molecule has 0 aromatic heterocycles. The molecule has 0 heterocycles. The zero-order valence-corrected chi connectivity index (χ0v) is 19.5. The molecule has 0 saturated heterocycles. The second-order valence-electron chi connectivity index (χ2n) is 8.90. The van der Waals surface area contributed by atoms with Crippen molar-refractivity contribution < 1.29 is 24.0 Å². The molecule has 0 radical (unpaired) electrons. The first-order chi connectivity index (χ1) is 17.3. The summed E-state index contributed by atoms with van der Waals surface area (Å²) in [5, 5.41) is 27.0. The zero-order valence-electron chi connectivity index (χ0n) is 19.5. The van der Waals surface area contributed by atoms with Crippen LogP contribution in [0, 0.1) is 21.8 Å². The van der Waals surface area contributed by atoms with Crippen molar-refractivity contribution in [2.75, 3.05) is 17.2 Å². The van der Waals surface area contributed by atoms with Crippen molar-refractivity contribution in [1.29, 1.82) is 0 Å². The summed E-state index contributed by atoms with van der Waals surface area (Å²) >= 11 is 0. The van der Waals surface area contributed by atoms with Crippen LogP contribution in [0.25, 0.3) is 11.1 Å². The molecular formula is C27H26FN3O5. The lowest BCUT2D eigenvalue weighted by Crippen LogP contribution is -2.18. The lowest BCUT2D eigenvalue weighted by Gasteiger charge is -2.22. The van der Waals surface area contributed by atoms with Gasteiger partial charge in [0.25, 0.3) is 11.6 Å². The fourth-order valence-corrected chi connectivity index (χ4v) is 4.49. The number of halogens is 1. The molecule has 8 nitrogen and oxygen atoms in total. The smallest absolute Gasteiger partial charge is 0.336 e. The third kappa shape index (κ3) is 5.86. The molecule has 0 aliphatic heterocycles. The largest absolute Gasteiger partial charge is 0.478 e. The summed E-state index contributed by atoms with van der Waals surface area (Å²) in [6.45, 7) is 0.644. The molecule has 0 bridgehead atoms. The molecule has 186 valence electrons. The summed E-state index contributed by atoms with van der Waals surface area (Å²) in [4.78, 5) is 36.0. The summed E-state index contributed by atoms with van der Waals surface area (Å²) in [6, 6.07) is 14.2. The third-order valence-electron chi connectivity index (χ3n) is 6.43. The number of carbonyl (C=O) groups excluding carboxylic acids is 1. The molecule has 4 rings (SSSR count). The quantitative estimate of drug-likeness (QED) is 0.250. The summed E-state index contributed by atoms with van der Waals surface area (Å²) in [7, 11) is 0. The number of carboxylic acids is 1. The number of anilines is 2. The van der Waals surface area contributed by atoms with Gasteiger partial charge in [-0.15, -0.1) is 0 Å². The molecule has 1 aliphatic carbocycles. The lowest BCUT2D eigenvalue weighted by molar-refractivity contribution is -0.383. The number of carboxylic acid groups (broad SMARTS) is 1. The number of amides is 1. The highest BCUT2D eigenvalue weighted by Gasteiger charge is 2.21. The Morgan fingerprint density at radius 2 is 1.64 bits per heavy atom. The zero-order chi connectivity index (χ0) is 25.7. The van der Waals surface area contributed by atoms with Crippen molar-refractivity contribution in [3.63, 3.8) is 0 Å². The number of carbonyl (C=O) groups is 2. The number of aromatic carboxylic acids is 1. The number of rotatable bonds is 8. The number of nitro groups is 1. The maximum atomic E-state index is 13.3. The van der Waals surface area contributed by atoms with E-state index < -0.39 is 22.6 Å². The van der Waals surface area contributed by atoms with E-state index in [9.17, 15) is 29.2 Å². The van der Waals surface area contributed by atoms with Crippen LogP contribution in [0.2, 0.25) is 0 Å². The molecule has 9 heteroatoms. The molecule has 1 amide bonds. The summed E-state index contributed by atoms with van der Waals surface area (Å²) in [5.74, 6) is -1.97. The summed E-state index contributed by atoms with van der Waals surface area (Å²) in [6.07, 6.45) is 5.75. The molecule has 1 fully saturated rings. The molecule has 3 aromatic rings.